The second-order valence-corrected chi connectivity index (χ2v) is 4.82. The molecule has 20 heavy (non-hydrogen) atoms. The zero-order chi connectivity index (χ0) is 14.9. The summed E-state index contributed by atoms with van der Waals surface area (Å²) in [6.07, 6.45) is 0. The Balaban J connectivity index is 2.39. The van der Waals surface area contributed by atoms with Gasteiger partial charge in [0.2, 0.25) is 5.88 Å². The lowest BCUT2D eigenvalue weighted by atomic mass is 10.2. The third-order valence-corrected chi connectivity index (χ3v) is 2.85. The first-order chi connectivity index (χ1) is 9.36. The molecule has 0 radical (unpaired) electrons. The van der Waals surface area contributed by atoms with E-state index in [1.807, 2.05) is 0 Å². The van der Waals surface area contributed by atoms with Gasteiger partial charge in [0.05, 0.1) is 11.0 Å². The van der Waals surface area contributed by atoms with Crippen LogP contribution in [0.2, 0.25) is 0 Å². The van der Waals surface area contributed by atoms with Gasteiger partial charge in [-0.25, -0.2) is 9.37 Å². The van der Waals surface area contributed by atoms with Crippen molar-refractivity contribution in [2.45, 2.75) is 13.8 Å². The Labute approximate surface area is 121 Å². The third kappa shape index (κ3) is 3.08. The third-order valence-electron chi connectivity index (χ3n) is 2.44. The van der Waals surface area contributed by atoms with Crippen molar-refractivity contribution >= 4 is 21.6 Å². The Morgan fingerprint density at radius 1 is 1.30 bits per heavy atom. The van der Waals surface area contributed by atoms with E-state index in [-0.39, 0.29) is 17.3 Å². The molecule has 8 heteroatoms. The molecule has 0 saturated heterocycles. The van der Waals surface area contributed by atoms with Crippen LogP contribution < -0.4 is 4.74 Å². The summed E-state index contributed by atoms with van der Waals surface area (Å²) in [6, 6.07) is 3.57. The van der Waals surface area contributed by atoms with Crippen LogP contribution in [0.4, 0.5) is 10.1 Å². The molecule has 0 aliphatic heterocycles. The Hall–Kier alpha value is -2.09. The van der Waals surface area contributed by atoms with E-state index in [2.05, 4.69) is 25.9 Å². The number of aryl methyl sites for hydroxylation is 2. The summed E-state index contributed by atoms with van der Waals surface area (Å²) in [4.78, 5) is 18.0. The van der Waals surface area contributed by atoms with Gasteiger partial charge in [0.1, 0.15) is 10.4 Å². The molecule has 0 spiro atoms. The number of nitro benzene ring substituents is 1. The number of aromatic nitrogens is 2. The van der Waals surface area contributed by atoms with E-state index in [9.17, 15) is 14.5 Å². The summed E-state index contributed by atoms with van der Waals surface area (Å²) in [5.41, 5.74) is 0.00569. The van der Waals surface area contributed by atoms with Crippen LogP contribution in [0.5, 0.6) is 11.6 Å². The van der Waals surface area contributed by atoms with Gasteiger partial charge in [-0.3, -0.25) is 10.1 Å². The first kappa shape index (κ1) is 14.3. The maximum Gasteiger partial charge on any atom is 0.275 e. The van der Waals surface area contributed by atoms with Crippen LogP contribution in [-0.4, -0.2) is 14.9 Å². The Bertz CT molecular complexity index is 674. The zero-order valence-electron chi connectivity index (χ0n) is 10.6. The highest BCUT2D eigenvalue weighted by molar-refractivity contribution is 9.10. The fourth-order valence-corrected chi connectivity index (χ4v) is 2.04. The van der Waals surface area contributed by atoms with E-state index in [4.69, 9.17) is 4.74 Å². The Morgan fingerprint density at radius 2 is 2.00 bits per heavy atom. The predicted molar refractivity (Wildman–Crippen MR) is 72.3 cm³/mol. The predicted octanol–water partition coefficient (Wildman–Crippen LogP) is 3.70. The quantitative estimate of drug-likeness (QED) is 0.483. The van der Waals surface area contributed by atoms with Crippen molar-refractivity contribution in [3.63, 3.8) is 0 Å². The molecule has 1 aromatic carbocycles. The molecular formula is C12H9BrFN3O3. The molecule has 0 atom stereocenters. The molecule has 1 aromatic heterocycles. The average Bonchev–Trinajstić information content (AvgIpc) is 2.31. The highest BCUT2D eigenvalue weighted by Gasteiger charge is 2.17. The van der Waals surface area contributed by atoms with Crippen LogP contribution in [0.1, 0.15) is 11.4 Å². The molecule has 6 nitrogen and oxygen atoms in total. The van der Waals surface area contributed by atoms with E-state index in [1.54, 1.807) is 6.92 Å². The number of halogens is 2. The fourth-order valence-electron chi connectivity index (χ4n) is 1.59. The minimum absolute atomic E-state index is 0.127. The number of nitro groups is 1. The molecule has 2 rings (SSSR count). The van der Waals surface area contributed by atoms with E-state index in [0.717, 1.165) is 6.07 Å². The smallest absolute Gasteiger partial charge is 0.275 e. The first-order valence-corrected chi connectivity index (χ1v) is 6.29. The molecule has 104 valence electrons. The lowest BCUT2D eigenvalue weighted by molar-refractivity contribution is -0.385. The summed E-state index contributed by atoms with van der Waals surface area (Å²) in [5.74, 6) is -0.349. The number of hydrogen-bond acceptors (Lipinski definition) is 5. The molecule has 0 amide bonds. The van der Waals surface area contributed by atoms with Gasteiger partial charge < -0.3 is 4.74 Å². The van der Waals surface area contributed by atoms with Crippen molar-refractivity contribution in [2.75, 3.05) is 0 Å². The zero-order valence-corrected chi connectivity index (χ0v) is 12.1. The largest absolute Gasteiger partial charge is 0.436 e. The number of hydrogen-bond donors (Lipinski definition) is 0. The van der Waals surface area contributed by atoms with Gasteiger partial charge in [-0.2, -0.15) is 4.98 Å². The topological polar surface area (TPSA) is 78.2 Å². The summed E-state index contributed by atoms with van der Waals surface area (Å²) >= 11 is 3.18. The first-order valence-electron chi connectivity index (χ1n) is 5.50. The minimum atomic E-state index is -0.824. The Kier molecular flexibility index (Phi) is 3.93. The van der Waals surface area contributed by atoms with Crippen molar-refractivity contribution < 1.29 is 14.1 Å². The van der Waals surface area contributed by atoms with Gasteiger partial charge in [0.15, 0.2) is 11.6 Å². The average molecular weight is 342 g/mol. The van der Waals surface area contributed by atoms with Crippen molar-refractivity contribution in [1.29, 1.82) is 0 Å². The normalized spacial score (nSPS) is 10.4. The molecule has 0 N–H and O–H groups in total. The molecular weight excluding hydrogens is 333 g/mol. The molecule has 0 fully saturated rings. The molecule has 0 aliphatic carbocycles. The van der Waals surface area contributed by atoms with Crippen LogP contribution in [0.25, 0.3) is 0 Å². The Morgan fingerprint density at radius 3 is 2.60 bits per heavy atom. The molecule has 0 unspecified atom stereocenters. The standard InChI is InChI=1S/C12H9BrFN3O3/c1-6-3-10(8(14)4-9(6)17(18)19)20-12-5-11(13)15-7(2)16-12/h3-5H,1-2H3. The summed E-state index contributed by atoms with van der Waals surface area (Å²) in [7, 11) is 0. The number of ether oxygens (including phenoxy) is 1. The van der Waals surface area contributed by atoms with Gasteiger partial charge >= 0.3 is 0 Å². The SMILES string of the molecule is Cc1nc(Br)cc(Oc2cc(C)c([N+](=O)[O-])cc2F)n1. The molecule has 0 aliphatic rings. The monoisotopic (exact) mass is 341 g/mol. The minimum Gasteiger partial charge on any atom is -0.436 e. The van der Waals surface area contributed by atoms with E-state index < -0.39 is 10.7 Å². The van der Waals surface area contributed by atoms with Crippen molar-refractivity contribution in [3.8, 4) is 11.6 Å². The van der Waals surface area contributed by atoms with Crippen molar-refractivity contribution in [3.05, 3.63) is 50.1 Å². The maximum atomic E-state index is 13.8. The molecule has 2 aromatic rings. The van der Waals surface area contributed by atoms with Gasteiger partial charge in [0, 0.05) is 11.6 Å². The van der Waals surface area contributed by atoms with Gasteiger partial charge in [-0.05, 0) is 35.8 Å². The molecule has 0 bridgehead atoms. The van der Waals surface area contributed by atoms with Crippen LogP contribution in [0, 0.1) is 29.8 Å². The van der Waals surface area contributed by atoms with Crippen LogP contribution in [-0.2, 0) is 0 Å². The van der Waals surface area contributed by atoms with E-state index in [0.29, 0.717) is 16.0 Å². The number of nitrogens with zero attached hydrogens (tertiary/aromatic N) is 3. The number of benzene rings is 1. The van der Waals surface area contributed by atoms with Gasteiger partial charge in [0.25, 0.3) is 5.69 Å². The summed E-state index contributed by atoms with van der Waals surface area (Å²) in [5, 5.41) is 10.7. The highest BCUT2D eigenvalue weighted by atomic mass is 79.9. The van der Waals surface area contributed by atoms with Gasteiger partial charge in [-0.1, -0.05) is 0 Å². The van der Waals surface area contributed by atoms with Crippen molar-refractivity contribution in [2.24, 2.45) is 0 Å². The van der Waals surface area contributed by atoms with Crippen LogP contribution in [0.15, 0.2) is 22.8 Å². The fraction of sp³-hybridized carbons (Fsp3) is 0.167. The van der Waals surface area contributed by atoms with Crippen LogP contribution >= 0.6 is 15.9 Å². The van der Waals surface area contributed by atoms with Crippen molar-refractivity contribution in [1.82, 2.24) is 9.97 Å². The summed E-state index contributed by atoms with van der Waals surface area (Å²) in [6.45, 7) is 3.17. The summed E-state index contributed by atoms with van der Waals surface area (Å²) < 4.78 is 19.6. The lowest BCUT2D eigenvalue weighted by Gasteiger charge is -2.08. The van der Waals surface area contributed by atoms with Crippen LogP contribution in [0.3, 0.4) is 0 Å². The second-order valence-electron chi connectivity index (χ2n) is 4.00. The molecule has 1 heterocycles. The second kappa shape index (κ2) is 5.49. The van der Waals surface area contributed by atoms with E-state index >= 15 is 0 Å². The highest BCUT2D eigenvalue weighted by Crippen LogP contribution is 2.30. The number of rotatable bonds is 3. The molecule has 0 saturated carbocycles. The maximum absolute atomic E-state index is 13.8. The van der Waals surface area contributed by atoms with E-state index in [1.165, 1.54) is 19.1 Å². The lowest BCUT2D eigenvalue weighted by Crippen LogP contribution is -1.98. The van der Waals surface area contributed by atoms with Gasteiger partial charge in [-0.15, -0.1) is 0 Å².